The van der Waals surface area contributed by atoms with Gasteiger partial charge in [0.2, 0.25) is 0 Å². The number of hydrogen-bond donors (Lipinski definition) is 4. The SMILES string of the molecule is C.Cn1cc(-c2ccc3c(n2)N(C(=O)Nc2cnccn2)[C@H]2CCN3C2)cn1.Cn1cc(B(O)O)cn1.O=C(Nc1cnccn1)N1c2nc(Cl)ccc2N2CC[C@H]1C2.S.S. The Morgan fingerprint density at radius 2 is 1.25 bits per heavy atom. The zero-order valence-electron chi connectivity index (χ0n) is 32.4. The second kappa shape index (κ2) is 20.0. The molecule has 0 aromatic carbocycles. The van der Waals surface area contributed by atoms with Gasteiger partial charge in [0, 0.05) is 94.7 Å². The molecule has 6 aromatic rings. The van der Waals surface area contributed by atoms with Gasteiger partial charge >= 0.3 is 19.2 Å². The molecule has 0 unspecified atom stereocenters. The molecule has 61 heavy (non-hydrogen) atoms. The normalized spacial score (nSPS) is 16.1. The lowest BCUT2D eigenvalue weighted by atomic mass is 9.83. The van der Waals surface area contributed by atoms with Crippen LogP contribution in [0.15, 0.2) is 86.2 Å². The summed E-state index contributed by atoms with van der Waals surface area (Å²) in [5, 5.41) is 31.0. The molecule has 320 valence electrons. The van der Waals surface area contributed by atoms with Crippen LogP contribution in [-0.4, -0.2) is 117 Å². The van der Waals surface area contributed by atoms with E-state index < -0.39 is 7.12 Å². The van der Waals surface area contributed by atoms with Gasteiger partial charge in [0.25, 0.3) is 0 Å². The number of nitrogens with one attached hydrogen (secondary N) is 2. The zero-order chi connectivity index (χ0) is 40.3. The molecule has 10 rings (SSSR count). The van der Waals surface area contributed by atoms with E-state index in [4.69, 9.17) is 26.6 Å². The van der Waals surface area contributed by atoms with Crippen LogP contribution in [0.1, 0.15) is 20.3 Å². The minimum Gasteiger partial charge on any atom is -0.423 e. The largest absolute Gasteiger partial charge is 0.491 e. The van der Waals surface area contributed by atoms with E-state index in [0.717, 1.165) is 61.7 Å². The number of carbonyl (C=O) groups excluding carboxylic acids is 2. The van der Waals surface area contributed by atoms with Crippen LogP contribution in [0.3, 0.4) is 0 Å². The first-order valence-corrected chi connectivity index (χ1v) is 18.7. The van der Waals surface area contributed by atoms with Gasteiger partial charge in [-0.1, -0.05) is 19.0 Å². The third-order valence-electron chi connectivity index (χ3n) is 9.93. The fraction of sp³-hybridized carbons (Fsp3) is 0.297. The van der Waals surface area contributed by atoms with Crippen molar-refractivity contribution in [2.45, 2.75) is 32.4 Å². The second-order valence-electron chi connectivity index (χ2n) is 13.8. The summed E-state index contributed by atoms with van der Waals surface area (Å²) in [4.78, 5) is 59.0. The maximum absolute atomic E-state index is 13.0. The number of nitrogens with zero attached hydrogens (tertiary/aromatic N) is 14. The van der Waals surface area contributed by atoms with Crippen molar-refractivity contribution in [3.8, 4) is 11.3 Å². The molecule has 24 heteroatoms. The number of carbonyl (C=O) groups is 2. The minimum absolute atomic E-state index is 0. The molecule has 0 aliphatic carbocycles. The van der Waals surface area contributed by atoms with Crippen LogP contribution >= 0.6 is 38.6 Å². The van der Waals surface area contributed by atoms with E-state index in [1.807, 2.05) is 31.4 Å². The molecule has 4 aliphatic rings. The predicted octanol–water partition coefficient (Wildman–Crippen LogP) is 3.02. The van der Waals surface area contributed by atoms with E-state index in [1.165, 1.54) is 29.5 Å². The Labute approximate surface area is 371 Å². The second-order valence-corrected chi connectivity index (χ2v) is 14.2. The average molecular weight is 889 g/mol. The summed E-state index contributed by atoms with van der Waals surface area (Å²) in [7, 11) is 2.18. The van der Waals surface area contributed by atoms with Gasteiger partial charge in [0.15, 0.2) is 23.3 Å². The maximum Gasteiger partial charge on any atom is 0.491 e. The lowest BCUT2D eigenvalue weighted by molar-refractivity contribution is 0.254. The summed E-state index contributed by atoms with van der Waals surface area (Å²) in [5.74, 6) is 2.11. The molecule has 2 atom stereocenters. The summed E-state index contributed by atoms with van der Waals surface area (Å²) in [5.41, 5.74) is 4.04. The molecule has 2 fully saturated rings. The van der Waals surface area contributed by atoms with E-state index in [2.05, 4.69) is 55.6 Å². The van der Waals surface area contributed by atoms with E-state index >= 15 is 0 Å². The van der Waals surface area contributed by atoms with Gasteiger partial charge in [-0.05, 0) is 37.1 Å². The van der Waals surface area contributed by atoms with Crippen molar-refractivity contribution in [2.24, 2.45) is 14.1 Å². The van der Waals surface area contributed by atoms with Crippen LogP contribution in [-0.2, 0) is 14.1 Å². The Bertz CT molecular complexity index is 2420. The lowest BCUT2D eigenvalue weighted by Gasteiger charge is -2.35. The van der Waals surface area contributed by atoms with Crippen molar-refractivity contribution in [3.05, 3.63) is 91.4 Å². The van der Waals surface area contributed by atoms with E-state index in [9.17, 15) is 9.59 Å². The molecular weight excluding hydrogens is 843 g/mol. The van der Waals surface area contributed by atoms with Gasteiger partial charge in [-0.2, -0.15) is 37.2 Å². The first-order valence-electron chi connectivity index (χ1n) is 18.3. The Morgan fingerprint density at radius 1 is 0.721 bits per heavy atom. The van der Waals surface area contributed by atoms with Crippen molar-refractivity contribution in [1.29, 1.82) is 0 Å². The Morgan fingerprint density at radius 3 is 1.70 bits per heavy atom. The van der Waals surface area contributed by atoms with Gasteiger partial charge in [0.1, 0.15) is 5.15 Å². The molecule has 2 saturated heterocycles. The number of fused-ring (bicyclic) bond motifs is 8. The first-order chi connectivity index (χ1) is 28.1. The van der Waals surface area contributed by atoms with Gasteiger partial charge in [-0.25, -0.2) is 29.5 Å². The molecule has 4 bridgehead atoms. The monoisotopic (exact) mass is 888 g/mol. The van der Waals surface area contributed by atoms with Crippen LogP contribution in [0, 0.1) is 0 Å². The summed E-state index contributed by atoms with van der Waals surface area (Å²) in [6, 6.07) is 7.36. The van der Waals surface area contributed by atoms with Gasteiger partial charge in [0.05, 0.1) is 47.7 Å². The Kier molecular flexibility index (Phi) is 15.1. The number of rotatable bonds is 4. The molecule has 0 radical (unpaired) electrons. The van der Waals surface area contributed by atoms with Crippen LogP contribution in [0.25, 0.3) is 11.3 Å². The van der Waals surface area contributed by atoms with Crippen LogP contribution in [0.4, 0.5) is 44.2 Å². The average Bonchev–Trinajstić information content (AvgIpc) is 4.05. The maximum atomic E-state index is 13.0. The number of pyridine rings is 2. The number of halogens is 1. The van der Waals surface area contributed by atoms with Crippen LogP contribution in [0.5, 0.6) is 0 Å². The molecular formula is C37H46BClN16O4S2. The summed E-state index contributed by atoms with van der Waals surface area (Å²) >= 11 is 6.01. The third kappa shape index (κ3) is 10.1. The molecule has 10 heterocycles. The van der Waals surface area contributed by atoms with Gasteiger partial charge in [-0.15, -0.1) is 0 Å². The molecule has 4 aliphatic heterocycles. The Hall–Kier alpha value is -6.01. The van der Waals surface area contributed by atoms with Crippen molar-refractivity contribution < 1.29 is 19.6 Å². The van der Waals surface area contributed by atoms with Crippen LogP contribution in [0.2, 0.25) is 5.15 Å². The molecule has 4 amide bonds. The number of urea groups is 2. The van der Waals surface area contributed by atoms with Gasteiger partial charge in [-0.3, -0.25) is 39.8 Å². The highest BCUT2D eigenvalue weighted by Crippen LogP contribution is 2.41. The molecule has 0 saturated carbocycles. The zero-order valence-corrected chi connectivity index (χ0v) is 35.2. The fourth-order valence-corrected chi connectivity index (χ4v) is 7.42. The number of hydrogen-bond acceptors (Lipinski definition) is 14. The molecule has 0 spiro atoms. The van der Waals surface area contributed by atoms with Gasteiger partial charge < -0.3 is 19.8 Å². The quantitative estimate of drug-likeness (QED) is 0.148. The summed E-state index contributed by atoms with van der Waals surface area (Å²) < 4.78 is 3.25. The molecule has 4 N–H and O–H groups in total. The summed E-state index contributed by atoms with van der Waals surface area (Å²) in [6.45, 7) is 3.45. The smallest absolute Gasteiger partial charge is 0.423 e. The highest BCUT2D eigenvalue weighted by atomic mass is 35.5. The Balaban J connectivity index is 0.000000187. The topological polar surface area (TPSA) is 225 Å². The van der Waals surface area contributed by atoms with Crippen molar-refractivity contribution in [2.75, 3.05) is 56.4 Å². The predicted molar refractivity (Wildman–Crippen MR) is 245 cm³/mol. The van der Waals surface area contributed by atoms with Crippen molar-refractivity contribution in [1.82, 2.24) is 49.5 Å². The van der Waals surface area contributed by atoms with E-state index in [1.54, 1.807) is 58.6 Å². The third-order valence-corrected chi connectivity index (χ3v) is 10.1. The number of anilines is 6. The highest BCUT2D eigenvalue weighted by molar-refractivity contribution is 7.59. The molecule has 6 aromatic heterocycles. The summed E-state index contributed by atoms with van der Waals surface area (Å²) in [6.07, 6.45) is 17.7. The molecule has 20 nitrogen and oxygen atoms in total. The fourth-order valence-electron chi connectivity index (χ4n) is 7.27. The van der Waals surface area contributed by atoms with E-state index in [0.29, 0.717) is 33.9 Å². The van der Waals surface area contributed by atoms with Crippen molar-refractivity contribution in [3.63, 3.8) is 0 Å². The first kappa shape index (κ1) is 46.1. The number of aromatic nitrogens is 10. The number of aryl methyl sites for hydroxylation is 2. The van der Waals surface area contributed by atoms with Crippen molar-refractivity contribution >= 4 is 97.9 Å². The lowest BCUT2D eigenvalue weighted by Crippen LogP contribution is -2.48. The highest BCUT2D eigenvalue weighted by Gasteiger charge is 2.41. The standard InChI is InChI=1S/C18H18N8O.C14H13ClN6O.C4H7BN2O2.CH4.2H2S/c1-24-10-12(8-21-24)14-2-3-15-17(22-14)26(13-4-7-25(15)11-13)18(27)23-16-9-19-5-6-20-16;15-11-2-1-10-13(18-11)21(9-3-6-20(10)8-9)14(22)19-12-7-16-4-5-17-12;1-7-3-4(2-6-7)5(8)9;;;/h2-3,5-6,8-10,13H,4,7,11H2,1H3,(H,20,23,27);1-2,4-5,7,9H,3,6,8H2,(H,17,19,22);2-3,8-9H,1H3;1H4;2*1H2/t13-;9-;;;;/m00..../s1. The number of amides is 4. The van der Waals surface area contributed by atoms with Crippen LogP contribution < -0.4 is 35.7 Å². The minimum atomic E-state index is -1.40. The van der Waals surface area contributed by atoms with E-state index in [-0.39, 0.29) is 58.6 Å².